The van der Waals surface area contributed by atoms with Crippen molar-refractivity contribution in [3.05, 3.63) is 65.0 Å². The van der Waals surface area contributed by atoms with Crippen LogP contribution in [-0.4, -0.2) is 9.97 Å². The zero-order chi connectivity index (χ0) is 20.0. The first-order valence-corrected chi connectivity index (χ1v) is 11.2. The molecule has 2 aromatic carbocycles. The standard InChI is InChI=1S/C20H12Cl2I2N2O2.Cu/c21-13-7-15(23)19(27)17-11(13)5-3-9(25-17)1-2-10-4-6-12-14(22)8-16(24)20(28)18(12)26-10;/h3-8,27-28H,1-2H2;/q;+2/p-2. The number of rotatable bonds is 3. The second-order valence-corrected chi connectivity index (χ2v) is 9.37. The molecule has 0 aliphatic carbocycles. The van der Waals surface area contributed by atoms with Crippen LogP contribution in [-0.2, 0) is 29.9 Å². The first-order chi connectivity index (χ1) is 13.3. The third kappa shape index (κ3) is 4.55. The molecule has 9 heteroatoms. The van der Waals surface area contributed by atoms with Crippen molar-refractivity contribution in [2.24, 2.45) is 0 Å². The maximum absolute atomic E-state index is 12.4. The molecule has 29 heavy (non-hydrogen) atoms. The second-order valence-electron chi connectivity index (χ2n) is 6.24. The largest absolute Gasteiger partial charge is 2.00 e. The van der Waals surface area contributed by atoms with Crippen molar-refractivity contribution < 1.29 is 27.3 Å². The molecule has 0 amide bonds. The van der Waals surface area contributed by atoms with E-state index in [2.05, 4.69) is 9.97 Å². The molecule has 0 unspecified atom stereocenters. The Morgan fingerprint density at radius 1 is 0.724 bits per heavy atom. The van der Waals surface area contributed by atoms with E-state index in [0.717, 1.165) is 11.4 Å². The summed E-state index contributed by atoms with van der Waals surface area (Å²) in [5.41, 5.74) is 2.30. The molecule has 1 radical (unpaired) electrons. The van der Waals surface area contributed by atoms with Crippen molar-refractivity contribution in [1.29, 1.82) is 0 Å². The van der Waals surface area contributed by atoms with Crippen molar-refractivity contribution in [2.45, 2.75) is 12.8 Å². The maximum Gasteiger partial charge on any atom is 2.00 e. The Bertz CT molecular complexity index is 1160. The first kappa shape index (κ1) is 23.1. The minimum Gasteiger partial charge on any atom is -0.870 e. The number of aryl methyl sites for hydroxylation is 2. The van der Waals surface area contributed by atoms with Crippen molar-refractivity contribution in [2.75, 3.05) is 0 Å². The average Bonchev–Trinajstić information content (AvgIpc) is 2.68. The molecule has 4 rings (SSSR count). The molecule has 0 bridgehead atoms. The Morgan fingerprint density at radius 3 is 1.48 bits per heavy atom. The van der Waals surface area contributed by atoms with Crippen LogP contribution >= 0.6 is 68.4 Å². The summed E-state index contributed by atoms with van der Waals surface area (Å²) in [7, 11) is 0. The normalized spacial score (nSPS) is 11.0. The summed E-state index contributed by atoms with van der Waals surface area (Å²) in [6.07, 6.45) is 1.17. The van der Waals surface area contributed by atoms with Gasteiger partial charge in [0.2, 0.25) is 0 Å². The molecule has 0 atom stereocenters. The van der Waals surface area contributed by atoms with Gasteiger partial charge in [-0.15, -0.1) is 0 Å². The monoisotopic (exact) mass is 697 g/mol. The minimum absolute atomic E-state index is 0. The molecule has 0 aliphatic rings. The van der Waals surface area contributed by atoms with E-state index in [1.165, 1.54) is 0 Å². The first-order valence-electron chi connectivity index (χ1n) is 8.24. The van der Waals surface area contributed by atoms with Crippen LogP contribution in [0.5, 0.6) is 11.5 Å². The van der Waals surface area contributed by atoms with Gasteiger partial charge in [-0.05, 0) is 94.4 Å². The van der Waals surface area contributed by atoms with Gasteiger partial charge in [0.15, 0.2) is 0 Å². The number of halogens is 4. The van der Waals surface area contributed by atoms with Gasteiger partial charge in [0.1, 0.15) is 0 Å². The molecule has 0 spiro atoms. The number of hydrogen-bond acceptors (Lipinski definition) is 4. The number of nitrogens with zero attached hydrogens (tertiary/aromatic N) is 2. The van der Waals surface area contributed by atoms with Crippen molar-refractivity contribution in [3.8, 4) is 11.5 Å². The summed E-state index contributed by atoms with van der Waals surface area (Å²) in [5, 5.41) is 27.1. The predicted octanol–water partition coefficient (Wildman–Crippen LogP) is 5.23. The van der Waals surface area contributed by atoms with E-state index in [9.17, 15) is 10.2 Å². The van der Waals surface area contributed by atoms with Crippen LogP contribution in [0.4, 0.5) is 0 Å². The molecule has 0 fully saturated rings. The van der Waals surface area contributed by atoms with Crippen LogP contribution in [0.15, 0.2) is 36.4 Å². The number of pyridine rings is 2. The Balaban J connectivity index is 0.00000240. The molecular weight excluding hydrogens is 688 g/mol. The molecule has 0 saturated heterocycles. The Hall–Kier alpha value is -0.581. The zero-order valence-electron chi connectivity index (χ0n) is 14.4. The number of aromatic nitrogens is 2. The number of fused-ring (bicyclic) bond motifs is 2. The summed E-state index contributed by atoms with van der Waals surface area (Å²) in [6.45, 7) is 0. The molecule has 151 valence electrons. The molecular formula is C20H10Cl2CuI2N2O2. The third-order valence-electron chi connectivity index (χ3n) is 4.43. The van der Waals surface area contributed by atoms with E-state index in [1.54, 1.807) is 12.1 Å². The van der Waals surface area contributed by atoms with E-state index in [-0.39, 0.29) is 28.6 Å². The zero-order valence-corrected chi connectivity index (χ0v) is 21.2. The molecule has 0 N–H and O–H groups in total. The Labute approximate surface area is 214 Å². The molecule has 0 saturated carbocycles. The van der Waals surface area contributed by atoms with Gasteiger partial charge in [-0.3, -0.25) is 9.97 Å². The van der Waals surface area contributed by atoms with E-state index in [0.29, 0.717) is 51.8 Å². The van der Waals surface area contributed by atoms with Crippen LogP contribution in [0.2, 0.25) is 10.0 Å². The quantitative estimate of drug-likeness (QED) is 0.217. The average molecular weight is 699 g/mol. The van der Waals surface area contributed by atoms with Crippen molar-refractivity contribution in [1.82, 2.24) is 9.97 Å². The minimum atomic E-state index is -0.120. The van der Waals surface area contributed by atoms with Crippen LogP contribution in [0.3, 0.4) is 0 Å². The van der Waals surface area contributed by atoms with Crippen LogP contribution in [0, 0.1) is 7.14 Å². The van der Waals surface area contributed by atoms with Gasteiger partial charge in [0.05, 0.1) is 21.1 Å². The van der Waals surface area contributed by atoms with Crippen molar-refractivity contribution in [3.63, 3.8) is 0 Å². The van der Waals surface area contributed by atoms with Gasteiger partial charge in [0.25, 0.3) is 0 Å². The second kappa shape index (κ2) is 9.28. The molecule has 4 aromatic rings. The Morgan fingerprint density at radius 2 is 1.10 bits per heavy atom. The SMILES string of the molecule is [Cu+2].[O-]c1c(I)cc(Cl)c2ccc(CCc3ccc4c(Cl)cc(I)c([O-])c4n3)nc12. The molecule has 4 nitrogen and oxygen atoms in total. The summed E-state index contributed by atoms with van der Waals surface area (Å²) < 4.78 is 1.09. The van der Waals surface area contributed by atoms with E-state index in [1.807, 2.05) is 69.4 Å². The van der Waals surface area contributed by atoms with Crippen LogP contribution in [0.25, 0.3) is 21.8 Å². The summed E-state index contributed by atoms with van der Waals surface area (Å²) >= 11 is 16.4. The summed E-state index contributed by atoms with van der Waals surface area (Å²) in [4.78, 5) is 9.01. The summed E-state index contributed by atoms with van der Waals surface area (Å²) in [5.74, 6) is -0.239. The van der Waals surface area contributed by atoms with Gasteiger partial charge >= 0.3 is 17.1 Å². The van der Waals surface area contributed by atoms with Crippen molar-refractivity contribution >= 4 is 90.2 Å². The fourth-order valence-electron chi connectivity index (χ4n) is 3.00. The predicted molar refractivity (Wildman–Crippen MR) is 125 cm³/mol. The van der Waals surface area contributed by atoms with E-state index in [4.69, 9.17) is 23.2 Å². The van der Waals surface area contributed by atoms with E-state index >= 15 is 0 Å². The maximum atomic E-state index is 12.4. The smallest absolute Gasteiger partial charge is 0.870 e. The van der Waals surface area contributed by atoms with Gasteiger partial charge in [-0.1, -0.05) is 34.7 Å². The van der Waals surface area contributed by atoms with Gasteiger partial charge < -0.3 is 10.2 Å². The van der Waals surface area contributed by atoms with Gasteiger partial charge in [-0.2, -0.15) is 0 Å². The number of benzene rings is 2. The Kier molecular flexibility index (Phi) is 7.39. The fourth-order valence-corrected chi connectivity index (χ4v) is 5.03. The van der Waals surface area contributed by atoms with Crippen LogP contribution in [0.1, 0.15) is 11.4 Å². The number of hydrogen-bond donors (Lipinski definition) is 0. The third-order valence-corrected chi connectivity index (χ3v) is 6.66. The molecule has 2 heterocycles. The fraction of sp³-hybridized carbons (Fsp3) is 0.100. The van der Waals surface area contributed by atoms with Gasteiger partial charge in [-0.25, -0.2) is 0 Å². The van der Waals surface area contributed by atoms with Gasteiger partial charge in [0, 0.05) is 29.3 Å². The molecule has 0 aliphatic heterocycles. The molecule has 2 aromatic heterocycles. The van der Waals surface area contributed by atoms with Crippen LogP contribution < -0.4 is 10.2 Å². The topological polar surface area (TPSA) is 71.9 Å². The van der Waals surface area contributed by atoms with E-state index < -0.39 is 0 Å². The summed E-state index contributed by atoms with van der Waals surface area (Å²) in [6, 6.07) is 10.7.